The fourth-order valence-electron chi connectivity index (χ4n) is 1.54. The first kappa shape index (κ1) is 14.8. The van der Waals surface area contributed by atoms with Crippen LogP contribution in [-0.2, 0) is 0 Å². The summed E-state index contributed by atoms with van der Waals surface area (Å²) in [4.78, 5) is 0. The Kier molecular flexibility index (Phi) is 4.73. The van der Waals surface area contributed by atoms with E-state index in [2.05, 4.69) is 41.9 Å². The first-order chi connectivity index (χ1) is 10.2. The SMILES string of the molecule is COc1cc(Br)c(NC=C(C#N)c2nn[nH]n2)cc1OC. The monoisotopic (exact) mass is 350 g/mol. The highest BCUT2D eigenvalue weighted by Crippen LogP contribution is 2.36. The molecule has 0 radical (unpaired) electrons. The van der Waals surface area contributed by atoms with Crippen LogP contribution in [0.5, 0.6) is 11.5 Å². The number of tetrazole rings is 1. The summed E-state index contributed by atoms with van der Waals surface area (Å²) in [5.74, 6) is 1.37. The zero-order valence-corrected chi connectivity index (χ0v) is 12.8. The zero-order chi connectivity index (χ0) is 15.2. The van der Waals surface area contributed by atoms with Crippen LogP contribution >= 0.6 is 15.9 Å². The molecule has 0 spiro atoms. The molecule has 8 nitrogen and oxygen atoms in total. The Morgan fingerprint density at radius 3 is 2.67 bits per heavy atom. The standard InChI is InChI=1S/C12H11BrN6O2/c1-20-10-3-8(13)9(4-11(10)21-2)15-6-7(5-14)12-16-18-19-17-12/h3-4,6,15H,1-2H3,(H,16,17,18,19). The summed E-state index contributed by atoms with van der Waals surface area (Å²) in [5.41, 5.74) is 0.939. The van der Waals surface area contributed by atoms with Crippen LogP contribution in [0, 0.1) is 11.3 Å². The first-order valence-electron chi connectivity index (χ1n) is 5.71. The average Bonchev–Trinajstić information content (AvgIpc) is 3.03. The zero-order valence-electron chi connectivity index (χ0n) is 11.2. The summed E-state index contributed by atoms with van der Waals surface area (Å²) in [7, 11) is 3.10. The van der Waals surface area contributed by atoms with Crippen molar-refractivity contribution in [2.45, 2.75) is 0 Å². The van der Waals surface area contributed by atoms with Gasteiger partial charge in [0.25, 0.3) is 0 Å². The van der Waals surface area contributed by atoms with Gasteiger partial charge in [-0.1, -0.05) is 0 Å². The van der Waals surface area contributed by atoms with E-state index in [1.54, 1.807) is 26.4 Å². The van der Waals surface area contributed by atoms with E-state index in [1.165, 1.54) is 6.20 Å². The lowest BCUT2D eigenvalue weighted by Gasteiger charge is -2.11. The van der Waals surface area contributed by atoms with Crippen LogP contribution in [0.15, 0.2) is 22.8 Å². The van der Waals surface area contributed by atoms with Gasteiger partial charge in [-0.2, -0.15) is 10.5 Å². The molecule has 1 aromatic carbocycles. The quantitative estimate of drug-likeness (QED) is 0.793. The van der Waals surface area contributed by atoms with Crippen LogP contribution in [0.4, 0.5) is 5.69 Å². The molecule has 0 unspecified atom stereocenters. The van der Waals surface area contributed by atoms with E-state index in [0.29, 0.717) is 17.2 Å². The van der Waals surface area contributed by atoms with E-state index in [4.69, 9.17) is 14.7 Å². The Morgan fingerprint density at radius 2 is 2.10 bits per heavy atom. The van der Waals surface area contributed by atoms with Crippen LogP contribution in [0.1, 0.15) is 5.82 Å². The Balaban J connectivity index is 2.29. The third kappa shape index (κ3) is 3.29. The van der Waals surface area contributed by atoms with Crippen molar-refractivity contribution in [1.29, 1.82) is 5.26 Å². The Morgan fingerprint density at radius 1 is 1.38 bits per heavy atom. The lowest BCUT2D eigenvalue weighted by molar-refractivity contribution is 0.355. The normalized spacial score (nSPS) is 10.9. The molecule has 0 atom stereocenters. The molecule has 2 rings (SSSR count). The number of hydrogen-bond donors (Lipinski definition) is 2. The van der Waals surface area contributed by atoms with E-state index in [1.807, 2.05) is 6.07 Å². The van der Waals surface area contributed by atoms with Gasteiger partial charge in [-0.15, -0.1) is 10.2 Å². The molecule has 2 N–H and O–H groups in total. The van der Waals surface area contributed by atoms with Crippen LogP contribution in [0.3, 0.4) is 0 Å². The van der Waals surface area contributed by atoms with E-state index < -0.39 is 0 Å². The summed E-state index contributed by atoms with van der Waals surface area (Å²) in [5, 5.41) is 25.3. The van der Waals surface area contributed by atoms with E-state index >= 15 is 0 Å². The van der Waals surface area contributed by atoms with Gasteiger partial charge in [-0.3, -0.25) is 0 Å². The molecule has 0 bridgehead atoms. The minimum atomic E-state index is 0.210. The third-order valence-corrected chi connectivity index (χ3v) is 3.21. The number of allylic oxidation sites excluding steroid dienone is 1. The van der Waals surface area contributed by atoms with E-state index in [9.17, 15) is 0 Å². The lowest BCUT2D eigenvalue weighted by Crippen LogP contribution is -1.96. The predicted octanol–water partition coefficient (Wildman–Crippen LogP) is 1.96. The number of benzene rings is 1. The number of rotatable bonds is 5. The topological polar surface area (TPSA) is 109 Å². The molecule has 0 saturated heterocycles. The number of hydrogen-bond acceptors (Lipinski definition) is 7. The largest absolute Gasteiger partial charge is 0.493 e. The Bertz CT molecular complexity index is 693. The fourth-order valence-corrected chi connectivity index (χ4v) is 1.97. The Labute approximate surface area is 128 Å². The van der Waals surface area contributed by atoms with Crippen LogP contribution < -0.4 is 14.8 Å². The van der Waals surface area contributed by atoms with E-state index in [-0.39, 0.29) is 11.4 Å². The number of H-pyrrole nitrogens is 1. The van der Waals surface area contributed by atoms with Gasteiger partial charge in [0, 0.05) is 22.8 Å². The highest BCUT2D eigenvalue weighted by atomic mass is 79.9. The van der Waals surface area contributed by atoms with Crippen LogP contribution in [0.25, 0.3) is 5.57 Å². The van der Waals surface area contributed by atoms with Crippen molar-refractivity contribution in [1.82, 2.24) is 20.6 Å². The van der Waals surface area contributed by atoms with Gasteiger partial charge in [0.2, 0.25) is 5.82 Å². The number of methoxy groups -OCH3 is 2. The molecule has 0 amide bonds. The number of aromatic nitrogens is 4. The molecule has 0 fully saturated rings. The number of halogens is 1. The average molecular weight is 351 g/mol. The second kappa shape index (κ2) is 6.71. The van der Waals surface area contributed by atoms with Crippen molar-refractivity contribution in [3.05, 3.63) is 28.6 Å². The molecule has 21 heavy (non-hydrogen) atoms. The molecule has 0 saturated carbocycles. The molecule has 1 aromatic heterocycles. The molecular weight excluding hydrogens is 340 g/mol. The highest BCUT2D eigenvalue weighted by Gasteiger charge is 2.10. The summed E-state index contributed by atoms with van der Waals surface area (Å²) in [6.07, 6.45) is 1.48. The number of nitrogens with zero attached hydrogens (tertiary/aromatic N) is 4. The smallest absolute Gasteiger partial charge is 0.216 e. The highest BCUT2D eigenvalue weighted by molar-refractivity contribution is 9.10. The summed E-state index contributed by atoms with van der Waals surface area (Å²) in [6, 6.07) is 5.49. The van der Waals surface area contributed by atoms with Gasteiger partial charge >= 0.3 is 0 Å². The third-order valence-electron chi connectivity index (χ3n) is 2.55. The minimum Gasteiger partial charge on any atom is -0.493 e. The van der Waals surface area contributed by atoms with Gasteiger partial charge in [-0.05, 0) is 21.1 Å². The minimum absolute atomic E-state index is 0.210. The van der Waals surface area contributed by atoms with Gasteiger partial charge in [0.05, 0.1) is 19.9 Å². The van der Waals surface area contributed by atoms with Crippen molar-refractivity contribution in [2.24, 2.45) is 0 Å². The molecule has 0 aliphatic heterocycles. The van der Waals surface area contributed by atoms with Crippen LogP contribution in [0.2, 0.25) is 0 Å². The number of anilines is 1. The lowest BCUT2D eigenvalue weighted by atomic mass is 10.2. The maximum absolute atomic E-state index is 9.09. The van der Waals surface area contributed by atoms with Crippen molar-refractivity contribution < 1.29 is 9.47 Å². The second-order valence-electron chi connectivity index (χ2n) is 3.74. The molecule has 1 heterocycles. The van der Waals surface area contributed by atoms with Crippen molar-refractivity contribution in [3.63, 3.8) is 0 Å². The van der Waals surface area contributed by atoms with Gasteiger partial charge in [0.15, 0.2) is 11.5 Å². The molecule has 9 heteroatoms. The van der Waals surface area contributed by atoms with Crippen molar-refractivity contribution >= 4 is 27.2 Å². The van der Waals surface area contributed by atoms with E-state index in [0.717, 1.165) is 4.47 Å². The molecule has 0 aliphatic carbocycles. The number of ether oxygens (including phenoxy) is 2. The first-order valence-corrected chi connectivity index (χ1v) is 6.51. The number of nitriles is 1. The molecular formula is C12H11BrN6O2. The van der Waals surface area contributed by atoms with Gasteiger partial charge in [-0.25, -0.2) is 0 Å². The molecule has 108 valence electrons. The summed E-state index contributed by atoms with van der Waals surface area (Å²) in [6.45, 7) is 0. The summed E-state index contributed by atoms with van der Waals surface area (Å²) >= 11 is 3.41. The number of nitrogens with one attached hydrogen (secondary N) is 2. The maximum atomic E-state index is 9.09. The predicted molar refractivity (Wildman–Crippen MR) is 78.6 cm³/mol. The molecule has 2 aromatic rings. The van der Waals surface area contributed by atoms with Crippen molar-refractivity contribution in [3.8, 4) is 17.6 Å². The second-order valence-corrected chi connectivity index (χ2v) is 4.59. The van der Waals surface area contributed by atoms with Gasteiger partial charge < -0.3 is 14.8 Å². The Hall–Kier alpha value is -2.60. The van der Waals surface area contributed by atoms with Crippen LogP contribution in [-0.4, -0.2) is 34.8 Å². The van der Waals surface area contributed by atoms with Crippen molar-refractivity contribution in [2.75, 3.05) is 19.5 Å². The van der Waals surface area contributed by atoms with Gasteiger partial charge in [0.1, 0.15) is 11.6 Å². The molecule has 0 aliphatic rings. The maximum Gasteiger partial charge on any atom is 0.216 e. The summed E-state index contributed by atoms with van der Waals surface area (Å²) < 4.78 is 11.2. The fraction of sp³-hybridized carbons (Fsp3) is 0.167. The number of aromatic amines is 1.